The number of piperidine rings is 1. The molecule has 0 aromatic heterocycles. The fraction of sp³-hybridized carbons (Fsp3) is 0.400. The average Bonchev–Trinajstić information content (AvgIpc) is 2.87. The van der Waals surface area contributed by atoms with Gasteiger partial charge in [-0.25, -0.2) is 0 Å². The zero-order chi connectivity index (χ0) is 24.2. The van der Waals surface area contributed by atoms with E-state index < -0.39 is 0 Å². The van der Waals surface area contributed by atoms with Crippen molar-refractivity contribution in [1.29, 1.82) is 0 Å². The molecule has 0 radical (unpaired) electrons. The lowest BCUT2D eigenvalue weighted by molar-refractivity contribution is 0.348. The molecule has 3 aromatic carbocycles. The van der Waals surface area contributed by atoms with Crippen LogP contribution in [0.2, 0.25) is 0 Å². The van der Waals surface area contributed by atoms with E-state index >= 15 is 0 Å². The van der Waals surface area contributed by atoms with Gasteiger partial charge in [0, 0.05) is 18.2 Å². The van der Waals surface area contributed by atoms with Gasteiger partial charge < -0.3 is 24.8 Å². The molecule has 0 amide bonds. The number of para-hydroxylation sites is 2. The van der Waals surface area contributed by atoms with Crippen molar-refractivity contribution in [3.05, 3.63) is 71.8 Å². The lowest BCUT2D eigenvalue weighted by atomic mass is 9.78. The van der Waals surface area contributed by atoms with E-state index in [9.17, 15) is 5.11 Å². The Labute approximate surface area is 208 Å². The Morgan fingerprint density at radius 3 is 2.40 bits per heavy atom. The van der Waals surface area contributed by atoms with Crippen LogP contribution in [0, 0.1) is 0 Å². The van der Waals surface area contributed by atoms with Crippen LogP contribution in [-0.2, 0) is 6.54 Å². The number of benzene rings is 3. The quantitative estimate of drug-likeness (QED) is 0.415. The minimum atomic E-state index is 0.225. The number of anilines is 1. The van der Waals surface area contributed by atoms with Gasteiger partial charge in [0.2, 0.25) is 0 Å². The molecule has 184 valence electrons. The Morgan fingerprint density at radius 1 is 0.886 bits per heavy atom. The van der Waals surface area contributed by atoms with Crippen LogP contribution in [0.5, 0.6) is 17.2 Å². The zero-order valence-electron chi connectivity index (χ0n) is 20.8. The highest BCUT2D eigenvalue weighted by Crippen LogP contribution is 2.46. The predicted molar refractivity (Wildman–Crippen MR) is 142 cm³/mol. The molecule has 0 unspecified atom stereocenters. The lowest BCUT2D eigenvalue weighted by Gasteiger charge is -2.37. The second-order valence-corrected chi connectivity index (χ2v) is 9.73. The molecule has 35 heavy (non-hydrogen) atoms. The Bertz CT molecular complexity index is 1150. The largest absolute Gasteiger partial charge is 0.504 e. The molecule has 0 spiro atoms. The summed E-state index contributed by atoms with van der Waals surface area (Å²) in [6.07, 6.45) is 5.76. The van der Waals surface area contributed by atoms with Gasteiger partial charge in [-0.05, 0) is 91.7 Å². The predicted octanol–water partition coefficient (Wildman–Crippen LogP) is 6.10. The smallest absolute Gasteiger partial charge is 0.163 e. The molecule has 2 fully saturated rings. The summed E-state index contributed by atoms with van der Waals surface area (Å²) in [4.78, 5) is 2.50. The van der Waals surface area contributed by atoms with Crippen molar-refractivity contribution in [1.82, 2.24) is 5.32 Å². The molecule has 0 bridgehead atoms. The monoisotopic (exact) mass is 472 g/mol. The van der Waals surface area contributed by atoms with Crippen LogP contribution in [0.3, 0.4) is 0 Å². The Balaban J connectivity index is 1.48. The maximum Gasteiger partial charge on any atom is 0.163 e. The van der Waals surface area contributed by atoms with E-state index in [1.165, 1.54) is 12.0 Å². The number of nitrogens with zero attached hydrogens (tertiary/aromatic N) is 1. The van der Waals surface area contributed by atoms with Gasteiger partial charge in [0.15, 0.2) is 11.5 Å². The molecule has 1 aliphatic carbocycles. The van der Waals surface area contributed by atoms with Crippen LogP contribution < -0.4 is 19.7 Å². The summed E-state index contributed by atoms with van der Waals surface area (Å²) in [5.41, 5.74) is 5.67. The summed E-state index contributed by atoms with van der Waals surface area (Å²) >= 11 is 0. The van der Waals surface area contributed by atoms with Crippen LogP contribution in [0.25, 0.3) is 11.1 Å². The number of nitrogens with one attached hydrogen (secondary N) is 1. The van der Waals surface area contributed by atoms with Gasteiger partial charge in [-0.15, -0.1) is 0 Å². The van der Waals surface area contributed by atoms with Gasteiger partial charge in [0.25, 0.3) is 0 Å². The first-order valence-corrected chi connectivity index (χ1v) is 12.8. The van der Waals surface area contributed by atoms with Crippen molar-refractivity contribution < 1.29 is 14.6 Å². The lowest BCUT2D eigenvalue weighted by Crippen LogP contribution is -2.43. The first-order valence-electron chi connectivity index (χ1n) is 12.8. The maximum atomic E-state index is 10.7. The third-order valence-corrected chi connectivity index (χ3v) is 7.60. The molecule has 3 aromatic rings. The van der Waals surface area contributed by atoms with Crippen molar-refractivity contribution in [2.24, 2.45) is 0 Å². The maximum absolute atomic E-state index is 10.7. The van der Waals surface area contributed by atoms with E-state index in [-0.39, 0.29) is 5.75 Å². The van der Waals surface area contributed by atoms with Crippen molar-refractivity contribution in [2.75, 3.05) is 32.2 Å². The highest BCUT2D eigenvalue weighted by molar-refractivity contribution is 5.70. The van der Waals surface area contributed by atoms with Gasteiger partial charge >= 0.3 is 0 Å². The van der Waals surface area contributed by atoms with Crippen LogP contribution >= 0.6 is 0 Å². The van der Waals surface area contributed by atoms with Crippen LogP contribution in [0.15, 0.2) is 60.7 Å². The van der Waals surface area contributed by atoms with Crippen molar-refractivity contribution in [3.63, 3.8) is 0 Å². The molecule has 1 aliphatic heterocycles. The third kappa shape index (κ3) is 4.96. The first-order chi connectivity index (χ1) is 17.2. The van der Waals surface area contributed by atoms with E-state index in [4.69, 9.17) is 9.47 Å². The highest BCUT2D eigenvalue weighted by atomic mass is 16.5. The van der Waals surface area contributed by atoms with Crippen molar-refractivity contribution >= 4 is 5.69 Å². The topological polar surface area (TPSA) is 54.0 Å². The molecule has 2 N–H and O–H groups in total. The molecular formula is C30H36N2O3. The molecule has 5 heteroatoms. The van der Waals surface area contributed by atoms with Crippen LogP contribution in [0.4, 0.5) is 5.69 Å². The summed E-state index contributed by atoms with van der Waals surface area (Å²) in [6, 6.07) is 21.5. The number of phenols is 1. The number of hydrogen-bond donors (Lipinski definition) is 2. The second-order valence-electron chi connectivity index (χ2n) is 9.73. The van der Waals surface area contributed by atoms with E-state index in [2.05, 4.69) is 52.7 Å². The van der Waals surface area contributed by atoms with E-state index in [0.717, 1.165) is 73.4 Å². The standard InChI is InChI=1S/C30H36N2O3/c1-34-29-12-4-3-11-27(29)32(25-13-15-31-16-14-25)20-21-7-5-10-23(17-21)24-18-26(22-8-6-9-22)30(35-2)28(33)19-24/h3-5,7,10-12,17-19,22,25,31,33H,6,8-9,13-16,20H2,1-2H3. The van der Waals surface area contributed by atoms with Gasteiger partial charge in [0.05, 0.1) is 19.9 Å². The summed E-state index contributed by atoms with van der Waals surface area (Å²) in [7, 11) is 3.39. The van der Waals surface area contributed by atoms with Crippen LogP contribution in [-0.4, -0.2) is 38.5 Å². The minimum absolute atomic E-state index is 0.225. The minimum Gasteiger partial charge on any atom is -0.504 e. The summed E-state index contributed by atoms with van der Waals surface area (Å²) in [5, 5.41) is 14.2. The van der Waals surface area contributed by atoms with E-state index in [0.29, 0.717) is 17.7 Å². The molecule has 1 saturated carbocycles. The number of hydrogen-bond acceptors (Lipinski definition) is 5. The molecule has 2 aliphatic rings. The fourth-order valence-electron chi connectivity index (χ4n) is 5.49. The Morgan fingerprint density at radius 2 is 1.69 bits per heavy atom. The van der Waals surface area contributed by atoms with Crippen molar-refractivity contribution in [3.8, 4) is 28.4 Å². The number of methoxy groups -OCH3 is 2. The van der Waals surface area contributed by atoms with Crippen LogP contribution in [0.1, 0.15) is 49.1 Å². The number of ether oxygens (including phenoxy) is 2. The van der Waals surface area contributed by atoms with Gasteiger partial charge in [0.1, 0.15) is 5.75 Å². The van der Waals surface area contributed by atoms with Gasteiger partial charge in [-0.3, -0.25) is 0 Å². The molecule has 1 heterocycles. The van der Waals surface area contributed by atoms with Crippen molar-refractivity contribution in [2.45, 2.75) is 50.6 Å². The second kappa shape index (κ2) is 10.6. The average molecular weight is 473 g/mol. The fourth-order valence-corrected chi connectivity index (χ4v) is 5.49. The summed E-state index contributed by atoms with van der Waals surface area (Å²) in [6.45, 7) is 2.87. The Hall–Kier alpha value is -3.18. The van der Waals surface area contributed by atoms with E-state index in [1.54, 1.807) is 14.2 Å². The Kier molecular flexibility index (Phi) is 7.14. The first kappa shape index (κ1) is 23.6. The number of aromatic hydroxyl groups is 1. The molecule has 0 atom stereocenters. The zero-order valence-corrected chi connectivity index (χ0v) is 20.8. The highest BCUT2D eigenvalue weighted by Gasteiger charge is 2.26. The number of rotatable bonds is 8. The normalized spacial score (nSPS) is 16.5. The third-order valence-electron chi connectivity index (χ3n) is 7.60. The molecule has 5 rings (SSSR count). The van der Waals surface area contributed by atoms with E-state index in [1.807, 2.05) is 18.2 Å². The summed E-state index contributed by atoms with van der Waals surface area (Å²) < 4.78 is 11.3. The SMILES string of the molecule is COc1ccccc1N(Cc1cccc(-c2cc(O)c(OC)c(C3CCC3)c2)c1)C1CCNCC1. The summed E-state index contributed by atoms with van der Waals surface area (Å²) in [5.74, 6) is 2.23. The van der Waals surface area contributed by atoms with Gasteiger partial charge in [-0.2, -0.15) is 0 Å². The number of phenolic OH excluding ortho intramolecular Hbond substituents is 1. The van der Waals surface area contributed by atoms with Gasteiger partial charge in [-0.1, -0.05) is 36.8 Å². The molecular weight excluding hydrogens is 436 g/mol. The molecule has 1 saturated heterocycles. The molecule has 5 nitrogen and oxygen atoms in total.